The molecule has 4 bridgehead atoms. The number of aliphatic carboxylic acids is 1. The number of nitrogens with zero attached hydrogens (tertiary/aromatic N) is 3. The Morgan fingerprint density at radius 1 is 0.857 bits per heavy atom. The summed E-state index contributed by atoms with van der Waals surface area (Å²) in [5.41, 5.74) is -1.27. The van der Waals surface area contributed by atoms with Crippen molar-refractivity contribution in [3.05, 3.63) is 41.5 Å². The molecule has 0 spiro atoms. The Kier molecular flexibility index (Phi) is 19.6. The second-order valence-corrected chi connectivity index (χ2v) is 16.4. The van der Waals surface area contributed by atoms with Crippen molar-refractivity contribution in [3.8, 4) is 22.6 Å². The highest BCUT2D eigenvalue weighted by atomic mass is 16.8. The van der Waals surface area contributed by atoms with Gasteiger partial charge in [-0.3, -0.25) is 39.2 Å². The number of rotatable bonds is 20. The number of likely N-dealkylation sites (N-methyl/N-ethyl adjacent to an activating group) is 2. The van der Waals surface area contributed by atoms with Gasteiger partial charge in [-0.05, 0) is 61.1 Å². The lowest BCUT2D eigenvalue weighted by Crippen LogP contribution is -2.55. The molecule has 2 aromatic rings. The van der Waals surface area contributed by atoms with Gasteiger partial charge in [0.15, 0.2) is 0 Å². The molecular formula is C43H62N7O13-. The molecule has 1 heterocycles. The highest BCUT2D eigenvalue weighted by Crippen LogP contribution is 2.42. The molecule has 63 heavy (non-hydrogen) atoms. The van der Waals surface area contributed by atoms with E-state index in [1.807, 2.05) is 0 Å². The van der Waals surface area contributed by atoms with Crippen LogP contribution in [0.3, 0.4) is 0 Å². The number of unbranched alkanes of at least 4 members (excludes halogenated alkanes) is 6. The largest absolute Gasteiger partial charge is 0.871 e. The smallest absolute Gasteiger partial charge is 0.326 e. The first kappa shape index (κ1) is 51.4. The van der Waals surface area contributed by atoms with Gasteiger partial charge in [0.25, 0.3) is 0 Å². The van der Waals surface area contributed by atoms with E-state index in [0.29, 0.717) is 12.3 Å². The third kappa shape index (κ3) is 14.5. The first-order valence-electron chi connectivity index (χ1n) is 21.1. The van der Waals surface area contributed by atoms with Crippen LogP contribution in [0.5, 0.6) is 11.5 Å². The number of phenolic OH excluding ortho intramolecular Hbond substituents is 1. The number of fused-ring (bicyclic) bond motifs is 5. The number of hydrogen-bond donors (Lipinski definition) is 9. The molecule has 1 aliphatic heterocycles. The number of carboxylic acid groups (broad SMARTS) is 1. The number of carbonyl (C=O) groups is 7. The van der Waals surface area contributed by atoms with E-state index in [2.05, 4.69) is 35.1 Å². The van der Waals surface area contributed by atoms with Crippen molar-refractivity contribution < 1.29 is 64.4 Å². The van der Waals surface area contributed by atoms with Crippen LogP contribution in [0.4, 0.5) is 5.69 Å². The molecular weight excluding hydrogens is 823 g/mol. The molecule has 0 aromatic heterocycles. The van der Waals surface area contributed by atoms with Gasteiger partial charge in [-0.15, -0.1) is 5.23 Å². The average molecular weight is 885 g/mol. The molecule has 20 heteroatoms. The lowest BCUT2D eigenvalue weighted by atomic mass is 9.93. The van der Waals surface area contributed by atoms with Crippen LogP contribution < -0.4 is 31.6 Å². The zero-order valence-corrected chi connectivity index (χ0v) is 36.7. The molecule has 5 atom stereocenters. The molecule has 2 aromatic carbocycles. The molecule has 0 radical (unpaired) electrons. The molecule has 0 unspecified atom stereocenters. The van der Waals surface area contributed by atoms with Crippen LogP contribution in [0.25, 0.3) is 11.1 Å². The van der Waals surface area contributed by atoms with E-state index < -0.39 is 108 Å². The van der Waals surface area contributed by atoms with E-state index in [4.69, 9.17) is 0 Å². The predicted molar refractivity (Wildman–Crippen MR) is 226 cm³/mol. The quantitative estimate of drug-likeness (QED) is 0.0672. The fraction of sp³-hybridized carbons (Fsp3) is 0.558. The molecule has 3 rings (SSSR count). The van der Waals surface area contributed by atoms with Gasteiger partial charge in [-0.2, -0.15) is 0 Å². The fourth-order valence-electron chi connectivity index (χ4n) is 7.12. The van der Waals surface area contributed by atoms with E-state index >= 15 is 0 Å². The third-order valence-corrected chi connectivity index (χ3v) is 11.0. The number of amides is 6. The molecule has 9 N–H and O–H groups in total. The lowest BCUT2D eigenvalue weighted by molar-refractivity contribution is -0.267. The Labute approximate surface area is 366 Å². The van der Waals surface area contributed by atoms with Crippen molar-refractivity contribution in [2.75, 3.05) is 32.5 Å². The summed E-state index contributed by atoms with van der Waals surface area (Å²) >= 11 is 0. The van der Waals surface area contributed by atoms with E-state index in [1.165, 1.54) is 65.4 Å². The minimum absolute atomic E-state index is 0.00590. The average Bonchev–Trinajstić information content (AvgIpc) is 3.22. The highest BCUT2D eigenvalue weighted by Gasteiger charge is 2.34. The minimum atomic E-state index is -1.63. The molecule has 1 aliphatic rings. The lowest BCUT2D eigenvalue weighted by Gasteiger charge is -2.31. The number of aromatic hydroxyl groups is 1. The summed E-state index contributed by atoms with van der Waals surface area (Å²) in [6.07, 6.45) is 8.02. The number of hydrogen-bond acceptors (Lipinski definition) is 13. The number of nitrogens with one attached hydrogen (secondary N) is 4. The Morgan fingerprint density at radius 2 is 1.49 bits per heavy atom. The zero-order valence-electron chi connectivity index (χ0n) is 36.7. The van der Waals surface area contributed by atoms with Crippen LogP contribution in [0.1, 0.15) is 103 Å². The van der Waals surface area contributed by atoms with Crippen molar-refractivity contribution in [3.63, 3.8) is 0 Å². The standard InChI is InChI=1S/C43H63N7O13/c1-24(2)14-12-10-8-7-9-11-13-15-35(53)48(5)33(23-51)41(58)45-25(3)39(56)44-22-36(54)49(6)37-28-16-17-34(52)29(21-28)30-18-27(20-32(38(30)55)50(62)63)19-31(43(60)61)47-40(57)26(4)46-42(37)59/h16-18,20-21,24-26,31,33,37,51-52,55,62-63H,7-15,19,22-23H2,1-6H3,(H,44,56)(H,45,58)(H,46,59)(H,47,57)(H,60,61)/p-1/t25-,26+,31+,33-,37+/m1/s1. The predicted octanol–water partition coefficient (Wildman–Crippen LogP) is 1.45. The maximum Gasteiger partial charge on any atom is 0.326 e. The van der Waals surface area contributed by atoms with Crippen molar-refractivity contribution >= 4 is 47.1 Å². The molecule has 0 aliphatic carbocycles. The summed E-state index contributed by atoms with van der Waals surface area (Å²) in [5, 5.41) is 72.9. The number of benzene rings is 2. The van der Waals surface area contributed by atoms with Crippen molar-refractivity contribution in [1.82, 2.24) is 31.1 Å². The third-order valence-electron chi connectivity index (χ3n) is 11.0. The van der Waals surface area contributed by atoms with Gasteiger partial charge in [0, 0.05) is 32.5 Å². The fourth-order valence-corrected chi connectivity index (χ4v) is 7.12. The Bertz CT molecular complexity index is 1960. The van der Waals surface area contributed by atoms with Crippen LogP contribution in [0.15, 0.2) is 30.3 Å². The second kappa shape index (κ2) is 24.0. The summed E-state index contributed by atoms with van der Waals surface area (Å²) in [6, 6.07) is -1.42. The van der Waals surface area contributed by atoms with E-state index in [1.54, 1.807) is 0 Å². The van der Waals surface area contributed by atoms with Crippen LogP contribution in [-0.4, -0.2) is 128 Å². The molecule has 20 nitrogen and oxygen atoms in total. The molecule has 6 amide bonds. The van der Waals surface area contributed by atoms with Crippen LogP contribution in [0.2, 0.25) is 0 Å². The van der Waals surface area contributed by atoms with Gasteiger partial charge in [0.1, 0.15) is 36.0 Å². The molecule has 0 fully saturated rings. The molecule has 0 saturated carbocycles. The maximum atomic E-state index is 13.9. The number of phenols is 1. The van der Waals surface area contributed by atoms with E-state index in [9.17, 15) is 64.4 Å². The Balaban J connectivity index is 1.74. The number of aliphatic hydroxyl groups excluding tert-OH is 1. The summed E-state index contributed by atoms with van der Waals surface area (Å²) in [7, 11) is 2.59. The van der Waals surface area contributed by atoms with Crippen molar-refractivity contribution in [2.24, 2.45) is 5.92 Å². The van der Waals surface area contributed by atoms with Gasteiger partial charge >= 0.3 is 5.97 Å². The van der Waals surface area contributed by atoms with Crippen LogP contribution >= 0.6 is 0 Å². The number of aliphatic hydroxyl groups is 1. The van der Waals surface area contributed by atoms with Crippen molar-refractivity contribution in [2.45, 2.75) is 122 Å². The van der Waals surface area contributed by atoms with E-state index in [-0.39, 0.29) is 34.6 Å². The first-order valence-corrected chi connectivity index (χ1v) is 21.1. The summed E-state index contributed by atoms with van der Waals surface area (Å²) in [6.45, 7) is 5.56. The van der Waals surface area contributed by atoms with Crippen LogP contribution in [0, 0.1) is 5.92 Å². The minimum Gasteiger partial charge on any atom is -0.871 e. The number of carbonyl (C=O) groups excluding carboxylic acids is 6. The topological polar surface area (TPSA) is 302 Å². The van der Waals surface area contributed by atoms with Gasteiger partial charge in [-0.1, -0.05) is 76.7 Å². The zero-order chi connectivity index (χ0) is 47.1. The Hall–Kier alpha value is -5.99. The normalized spacial score (nSPS) is 17.3. The number of anilines is 1. The Morgan fingerprint density at radius 3 is 2.10 bits per heavy atom. The summed E-state index contributed by atoms with van der Waals surface area (Å²) in [4.78, 5) is 94.0. The SMILES string of the molecule is CC(C)CCCCCCCCCC(=O)N(C)[C@H](CO)C(=O)N[C@H](C)C(=O)NCC(=O)N(C)[C@@H]1C(=O)N[C@@H](C)C(=O)N[C@H](C(=O)O)Cc2cc(c([O-])c(N(O)O)c2)-c2cc1ccc2O. The van der Waals surface area contributed by atoms with Crippen molar-refractivity contribution in [1.29, 1.82) is 0 Å². The van der Waals surface area contributed by atoms with Gasteiger partial charge in [0.2, 0.25) is 35.4 Å². The molecule has 348 valence electrons. The monoisotopic (exact) mass is 884 g/mol. The van der Waals surface area contributed by atoms with Gasteiger partial charge < -0.3 is 51.5 Å². The second-order valence-electron chi connectivity index (χ2n) is 16.4. The number of carboxylic acids is 1. The maximum absolute atomic E-state index is 13.9. The van der Waals surface area contributed by atoms with E-state index in [0.717, 1.165) is 47.6 Å². The van der Waals surface area contributed by atoms with Gasteiger partial charge in [-0.25, -0.2) is 4.79 Å². The summed E-state index contributed by atoms with van der Waals surface area (Å²) in [5.74, 6) is -7.08. The highest BCUT2D eigenvalue weighted by molar-refractivity contribution is 5.96. The van der Waals surface area contributed by atoms with Gasteiger partial charge in [0.05, 0.1) is 18.8 Å². The first-order chi connectivity index (χ1) is 29.7. The molecule has 0 saturated heterocycles. The summed E-state index contributed by atoms with van der Waals surface area (Å²) < 4.78 is 0. The van der Waals surface area contributed by atoms with Crippen LogP contribution in [-0.2, 0) is 40.0 Å².